The van der Waals surface area contributed by atoms with E-state index in [0.29, 0.717) is 10.1 Å². The zero-order valence-electron chi connectivity index (χ0n) is 16.1. The lowest BCUT2D eigenvalue weighted by molar-refractivity contribution is -0.155. The second-order valence-corrected chi connectivity index (χ2v) is 8.98. The molecule has 1 heterocycles. The van der Waals surface area contributed by atoms with E-state index in [4.69, 9.17) is 4.74 Å². The Labute approximate surface area is 162 Å². The lowest BCUT2D eigenvalue weighted by Gasteiger charge is -2.20. The maximum absolute atomic E-state index is 12.6. The number of ether oxygens (including phenoxy) is 1. The molecule has 0 spiro atoms. The van der Waals surface area contributed by atoms with Crippen molar-refractivity contribution in [2.75, 3.05) is 4.72 Å². The Balaban J connectivity index is 2.33. The molecular formula is C18H23N3O6S. The summed E-state index contributed by atoms with van der Waals surface area (Å²) in [6, 6.07) is 8.43. The van der Waals surface area contributed by atoms with Crippen molar-refractivity contribution in [3.05, 3.63) is 62.9 Å². The quantitative estimate of drug-likeness (QED) is 0.707. The van der Waals surface area contributed by atoms with Crippen molar-refractivity contribution in [2.45, 2.75) is 38.7 Å². The maximum Gasteiger partial charge on any atom is 0.331 e. The molecule has 2 rings (SSSR count). The highest BCUT2D eigenvalue weighted by molar-refractivity contribution is 7.91. The molecule has 0 atom stereocenters. The Morgan fingerprint density at radius 3 is 2.32 bits per heavy atom. The Hall–Kier alpha value is -2.88. The fourth-order valence-electron chi connectivity index (χ4n) is 2.44. The molecule has 9 nitrogen and oxygen atoms in total. The molecule has 1 aromatic heterocycles. The van der Waals surface area contributed by atoms with Crippen LogP contribution in [0.3, 0.4) is 0 Å². The summed E-state index contributed by atoms with van der Waals surface area (Å²) in [5, 5.41) is 0. The molecule has 0 aliphatic carbocycles. The minimum Gasteiger partial charge on any atom is -0.459 e. The first-order chi connectivity index (χ1) is 12.9. The van der Waals surface area contributed by atoms with Gasteiger partial charge in [0.15, 0.2) is 0 Å². The van der Waals surface area contributed by atoms with Crippen LogP contribution in [0.25, 0.3) is 0 Å². The van der Waals surface area contributed by atoms with Crippen LogP contribution >= 0.6 is 0 Å². The number of esters is 1. The third-order valence-corrected chi connectivity index (χ3v) is 4.75. The summed E-state index contributed by atoms with van der Waals surface area (Å²) in [4.78, 5) is 36.8. The van der Waals surface area contributed by atoms with Crippen molar-refractivity contribution in [1.29, 1.82) is 0 Å². The number of aromatic nitrogens is 2. The molecule has 0 unspecified atom stereocenters. The minimum absolute atomic E-state index is 0.332. The SMILES string of the molecule is Cn1cc(NS(=O)(=O)Cc2ccccc2)c(=O)n(CC(=O)OC(C)(C)C)c1=O. The van der Waals surface area contributed by atoms with Crippen LogP contribution in [-0.4, -0.2) is 29.1 Å². The molecule has 1 aromatic carbocycles. The van der Waals surface area contributed by atoms with Gasteiger partial charge in [-0.25, -0.2) is 17.8 Å². The predicted octanol–water partition coefficient (Wildman–Crippen LogP) is 0.831. The first-order valence-corrected chi connectivity index (χ1v) is 10.1. The van der Waals surface area contributed by atoms with Crippen LogP contribution in [0.15, 0.2) is 46.1 Å². The summed E-state index contributed by atoms with van der Waals surface area (Å²) in [6.07, 6.45) is 1.08. The van der Waals surface area contributed by atoms with Crippen LogP contribution in [0.1, 0.15) is 26.3 Å². The molecule has 10 heteroatoms. The number of aryl methyl sites for hydroxylation is 1. The number of anilines is 1. The molecule has 0 saturated carbocycles. The van der Waals surface area contributed by atoms with E-state index < -0.39 is 39.4 Å². The third kappa shape index (κ3) is 5.81. The molecule has 0 bridgehead atoms. The Morgan fingerprint density at radius 2 is 1.75 bits per heavy atom. The highest BCUT2D eigenvalue weighted by atomic mass is 32.2. The van der Waals surface area contributed by atoms with Gasteiger partial charge in [0.2, 0.25) is 10.0 Å². The highest BCUT2D eigenvalue weighted by Gasteiger charge is 2.21. The largest absolute Gasteiger partial charge is 0.459 e. The van der Waals surface area contributed by atoms with Gasteiger partial charge in [0.05, 0.1) is 5.75 Å². The lowest BCUT2D eigenvalue weighted by Crippen LogP contribution is -2.43. The number of sulfonamides is 1. The number of nitrogens with one attached hydrogen (secondary N) is 1. The van der Waals surface area contributed by atoms with E-state index in [-0.39, 0.29) is 11.4 Å². The number of rotatable bonds is 6. The van der Waals surface area contributed by atoms with Gasteiger partial charge in [0.25, 0.3) is 5.56 Å². The van der Waals surface area contributed by atoms with E-state index in [9.17, 15) is 22.8 Å². The molecule has 2 aromatic rings. The van der Waals surface area contributed by atoms with Gasteiger partial charge >= 0.3 is 11.7 Å². The summed E-state index contributed by atoms with van der Waals surface area (Å²) in [7, 11) is -2.56. The van der Waals surface area contributed by atoms with Gasteiger partial charge in [0, 0.05) is 13.2 Å². The molecule has 0 aliphatic heterocycles. The third-order valence-electron chi connectivity index (χ3n) is 3.50. The predicted molar refractivity (Wildman–Crippen MR) is 104 cm³/mol. The Kier molecular flexibility index (Phi) is 6.13. The van der Waals surface area contributed by atoms with E-state index in [1.54, 1.807) is 51.1 Å². The summed E-state index contributed by atoms with van der Waals surface area (Å²) in [6.45, 7) is 4.33. The van der Waals surface area contributed by atoms with Crippen LogP contribution < -0.4 is 16.0 Å². The van der Waals surface area contributed by atoms with E-state index in [0.717, 1.165) is 10.8 Å². The molecule has 0 aliphatic rings. The Morgan fingerprint density at radius 1 is 1.14 bits per heavy atom. The lowest BCUT2D eigenvalue weighted by atomic mass is 10.2. The van der Waals surface area contributed by atoms with Gasteiger partial charge in [-0.05, 0) is 26.3 Å². The van der Waals surface area contributed by atoms with Gasteiger partial charge in [-0.15, -0.1) is 0 Å². The second-order valence-electron chi connectivity index (χ2n) is 7.26. The summed E-state index contributed by atoms with van der Waals surface area (Å²) in [5.74, 6) is -1.13. The first kappa shape index (κ1) is 21.4. The number of nitrogens with zero attached hydrogens (tertiary/aromatic N) is 2. The van der Waals surface area contributed by atoms with E-state index in [1.807, 2.05) is 0 Å². The molecule has 1 N–H and O–H groups in total. The van der Waals surface area contributed by atoms with Gasteiger partial charge in [-0.1, -0.05) is 30.3 Å². The fourth-order valence-corrected chi connectivity index (χ4v) is 3.61. The number of carbonyl (C=O) groups is 1. The molecule has 0 fully saturated rings. The van der Waals surface area contributed by atoms with E-state index in [2.05, 4.69) is 4.72 Å². The number of carbonyl (C=O) groups excluding carboxylic acids is 1. The van der Waals surface area contributed by atoms with Crippen molar-refractivity contribution in [1.82, 2.24) is 9.13 Å². The zero-order valence-corrected chi connectivity index (χ0v) is 16.9. The second kappa shape index (κ2) is 8.01. The molecule has 152 valence electrons. The summed E-state index contributed by atoms with van der Waals surface area (Å²) >= 11 is 0. The highest BCUT2D eigenvalue weighted by Crippen LogP contribution is 2.09. The fraction of sp³-hybridized carbons (Fsp3) is 0.389. The number of hydrogen-bond acceptors (Lipinski definition) is 6. The van der Waals surface area contributed by atoms with Crippen LogP contribution in [0.5, 0.6) is 0 Å². The number of hydrogen-bond donors (Lipinski definition) is 1. The van der Waals surface area contributed by atoms with Crippen LogP contribution in [0, 0.1) is 0 Å². The van der Waals surface area contributed by atoms with Crippen molar-refractivity contribution in [2.24, 2.45) is 7.05 Å². The Bertz CT molecular complexity index is 1080. The number of benzene rings is 1. The average Bonchev–Trinajstić information content (AvgIpc) is 2.55. The van der Waals surface area contributed by atoms with Crippen LogP contribution in [0.2, 0.25) is 0 Å². The van der Waals surface area contributed by atoms with Crippen molar-refractivity contribution < 1.29 is 17.9 Å². The van der Waals surface area contributed by atoms with Crippen molar-refractivity contribution in [3.8, 4) is 0 Å². The summed E-state index contributed by atoms with van der Waals surface area (Å²) in [5.41, 5.74) is -2.27. The van der Waals surface area contributed by atoms with Gasteiger partial charge in [-0.2, -0.15) is 0 Å². The molecule has 0 saturated heterocycles. The van der Waals surface area contributed by atoms with Gasteiger partial charge < -0.3 is 9.30 Å². The first-order valence-electron chi connectivity index (χ1n) is 8.45. The van der Waals surface area contributed by atoms with Crippen LogP contribution in [-0.2, 0) is 38.9 Å². The minimum atomic E-state index is -3.91. The molecule has 28 heavy (non-hydrogen) atoms. The standard InChI is InChI=1S/C18H23N3O6S/c1-18(2,3)27-15(22)11-21-16(23)14(10-20(4)17(21)24)19-28(25,26)12-13-8-6-5-7-9-13/h5-10,19H,11-12H2,1-4H3. The topological polar surface area (TPSA) is 116 Å². The smallest absolute Gasteiger partial charge is 0.331 e. The van der Waals surface area contributed by atoms with Gasteiger partial charge in [-0.3, -0.25) is 14.3 Å². The van der Waals surface area contributed by atoms with Crippen molar-refractivity contribution in [3.63, 3.8) is 0 Å². The molecular weight excluding hydrogens is 386 g/mol. The zero-order chi connectivity index (χ0) is 21.1. The van der Waals surface area contributed by atoms with Gasteiger partial charge in [0.1, 0.15) is 17.8 Å². The monoisotopic (exact) mass is 409 g/mol. The van der Waals surface area contributed by atoms with Crippen molar-refractivity contribution >= 4 is 21.7 Å². The summed E-state index contributed by atoms with van der Waals surface area (Å²) < 4.78 is 33.8. The van der Waals surface area contributed by atoms with E-state index in [1.165, 1.54) is 7.05 Å². The normalized spacial score (nSPS) is 11.9. The molecule has 0 radical (unpaired) electrons. The van der Waals surface area contributed by atoms with E-state index >= 15 is 0 Å². The average molecular weight is 409 g/mol. The van der Waals surface area contributed by atoms with Crippen LogP contribution in [0.4, 0.5) is 5.69 Å². The molecule has 0 amide bonds. The maximum atomic E-state index is 12.6.